The van der Waals surface area contributed by atoms with Crippen molar-refractivity contribution < 1.29 is 19.2 Å². The molecule has 2 aromatic rings. The number of hydroxylamine groups is 2. The fourth-order valence-corrected chi connectivity index (χ4v) is 2.54. The molecule has 2 amide bonds. The minimum Gasteiger partial charge on any atom is -0.497 e. The number of ether oxygens (including phenoxy) is 1. The van der Waals surface area contributed by atoms with Gasteiger partial charge < -0.3 is 4.74 Å². The Labute approximate surface area is 143 Å². The fourth-order valence-electron chi connectivity index (χ4n) is 2.54. The number of fused-ring (bicyclic) bond motifs is 1. The Morgan fingerprint density at radius 3 is 2.40 bits per heavy atom. The molecule has 0 aliphatic carbocycles. The van der Waals surface area contributed by atoms with Gasteiger partial charge in [-0.15, -0.1) is 5.06 Å². The molecule has 1 aliphatic rings. The molecule has 0 spiro atoms. The second-order valence-electron chi connectivity index (χ2n) is 5.24. The van der Waals surface area contributed by atoms with E-state index in [1.165, 1.54) is 7.11 Å². The summed E-state index contributed by atoms with van der Waals surface area (Å²) in [5.41, 5.74) is 10.0. The zero-order valence-corrected chi connectivity index (χ0v) is 13.3. The average molecular weight is 338 g/mol. The summed E-state index contributed by atoms with van der Waals surface area (Å²) in [7, 11) is 1.52. The summed E-state index contributed by atoms with van der Waals surface area (Å²) in [5.74, 6) is -0.478. The molecule has 0 saturated carbocycles. The SMILES string of the molecule is COc1cccc(C(CON2C(=O)c3ccccc3C2=O)N=[N+]=[N-])c1. The lowest BCUT2D eigenvalue weighted by Crippen LogP contribution is -2.31. The van der Waals surface area contributed by atoms with Gasteiger partial charge in [-0.1, -0.05) is 29.4 Å². The van der Waals surface area contributed by atoms with Gasteiger partial charge in [0, 0.05) is 4.91 Å². The van der Waals surface area contributed by atoms with Crippen molar-refractivity contribution >= 4 is 11.8 Å². The maximum Gasteiger partial charge on any atom is 0.285 e. The molecule has 0 aromatic heterocycles. The number of hydrogen-bond donors (Lipinski definition) is 0. The third kappa shape index (κ3) is 3.16. The number of benzene rings is 2. The zero-order valence-electron chi connectivity index (χ0n) is 13.3. The number of amides is 2. The van der Waals surface area contributed by atoms with E-state index >= 15 is 0 Å². The molecule has 2 aromatic carbocycles. The lowest BCUT2D eigenvalue weighted by atomic mass is 10.1. The van der Waals surface area contributed by atoms with Gasteiger partial charge in [0.15, 0.2) is 0 Å². The lowest BCUT2D eigenvalue weighted by molar-refractivity contribution is -0.0955. The number of hydrogen-bond acceptors (Lipinski definition) is 5. The van der Waals surface area contributed by atoms with E-state index in [9.17, 15) is 9.59 Å². The van der Waals surface area contributed by atoms with E-state index in [0.29, 0.717) is 16.4 Å². The Kier molecular flexibility index (Phi) is 4.65. The quantitative estimate of drug-likeness (QED) is 0.349. The first-order valence-electron chi connectivity index (χ1n) is 7.44. The van der Waals surface area contributed by atoms with Crippen molar-refractivity contribution in [2.75, 3.05) is 13.7 Å². The van der Waals surface area contributed by atoms with E-state index in [-0.39, 0.29) is 17.7 Å². The number of rotatable bonds is 6. The van der Waals surface area contributed by atoms with Gasteiger partial charge in [0.25, 0.3) is 11.8 Å². The van der Waals surface area contributed by atoms with Crippen LogP contribution in [0.5, 0.6) is 5.75 Å². The molecule has 1 unspecified atom stereocenters. The first-order chi connectivity index (χ1) is 12.2. The van der Waals surface area contributed by atoms with Gasteiger partial charge in [-0.25, -0.2) is 0 Å². The Morgan fingerprint density at radius 2 is 1.80 bits per heavy atom. The standard InChI is InChI=1S/C17H14N4O4/c1-24-12-6-4-5-11(9-12)15(19-20-18)10-25-21-16(22)13-7-2-3-8-14(13)17(21)23/h2-9,15H,10H2,1H3. The van der Waals surface area contributed by atoms with Crippen LogP contribution in [0.3, 0.4) is 0 Å². The number of imide groups is 1. The summed E-state index contributed by atoms with van der Waals surface area (Å²) < 4.78 is 5.14. The molecule has 25 heavy (non-hydrogen) atoms. The van der Waals surface area contributed by atoms with Crippen LogP contribution in [0, 0.1) is 0 Å². The fraction of sp³-hybridized carbons (Fsp3) is 0.176. The molecule has 0 radical (unpaired) electrons. The maximum atomic E-state index is 12.3. The normalized spacial score (nSPS) is 14.0. The van der Waals surface area contributed by atoms with E-state index in [0.717, 1.165) is 0 Å². The summed E-state index contributed by atoms with van der Waals surface area (Å²) in [4.78, 5) is 32.7. The predicted octanol–water partition coefficient (Wildman–Crippen LogP) is 3.27. The molecule has 0 fully saturated rings. The predicted molar refractivity (Wildman–Crippen MR) is 87.8 cm³/mol. The Morgan fingerprint density at radius 1 is 1.12 bits per heavy atom. The minimum absolute atomic E-state index is 0.164. The molecule has 0 bridgehead atoms. The van der Waals surface area contributed by atoms with Gasteiger partial charge in [-0.3, -0.25) is 14.4 Å². The van der Waals surface area contributed by atoms with Gasteiger partial charge in [0.1, 0.15) is 5.75 Å². The highest BCUT2D eigenvalue weighted by atomic mass is 16.7. The number of carbonyl (C=O) groups excluding carboxylic acids is 2. The Balaban J connectivity index is 1.78. The summed E-state index contributed by atoms with van der Waals surface area (Å²) in [6.45, 7) is -0.164. The number of carbonyl (C=O) groups is 2. The van der Waals surface area contributed by atoms with Crippen molar-refractivity contribution in [2.24, 2.45) is 5.11 Å². The summed E-state index contributed by atoms with van der Waals surface area (Å²) >= 11 is 0. The van der Waals surface area contributed by atoms with E-state index in [2.05, 4.69) is 10.0 Å². The van der Waals surface area contributed by atoms with Crippen molar-refractivity contribution in [2.45, 2.75) is 6.04 Å². The molecule has 1 aliphatic heterocycles. The molecule has 3 rings (SSSR count). The number of azide groups is 1. The molecule has 0 N–H and O–H groups in total. The molecule has 0 saturated heterocycles. The zero-order chi connectivity index (χ0) is 17.8. The van der Waals surface area contributed by atoms with Gasteiger partial charge >= 0.3 is 0 Å². The molecular formula is C17H14N4O4. The molecule has 1 heterocycles. The van der Waals surface area contributed by atoms with E-state index in [4.69, 9.17) is 15.1 Å². The molecule has 8 heteroatoms. The lowest BCUT2D eigenvalue weighted by Gasteiger charge is -2.17. The van der Waals surface area contributed by atoms with Crippen LogP contribution in [0.15, 0.2) is 53.6 Å². The van der Waals surface area contributed by atoms with Crippen molar-refractivity contribution in [1.82, 2.24) is 5.06 Å². The maximum absolute atomic E-state index is 12.3. The first kappa shape index (κ1) is 16.5. The van der Waals surface area contributed by atoms with Crippen LogP contribution < -0.4 is 4.74 Å². The van der Waals surface area contributed by atoms with Gasteiger partial charge in [0.2, 0.25) is 0 Å². The van der Waals surface area contributed by atoms with Crippen LogP contribution in [-0.4, -0.2) is 30.6 Å². The summed E-state index contributed by atoms with van der Waals surface area (Å²) in [6, 6.07) is 12.7. The van der Waals surface area contributed by atoms with Crippen LogP contribution in [0.2, 0.25) is 0 Å². The number of methoxy groups -OCH3 is 1. The smallest absolute Gasteiger partial charge is 0.285 e. The van der Waals surface area contributed by atoms with Crippen LogP contribution in [0.25, 0.3) is 10.4 Å². The Bertz CT molecular complexity index is 841. The van der Waals surface area contributed by atoms with Gasteiger partial charge in [-0.2, -0.15) is 0 Å². The second kappa shape index (κ2) is 7.04. The van der Waals surface area contributed by atoms with Crippen LogP contribution in [0.4, 0.5) is 0 Å². The van der Waals surface area contributed by atoms with E-state index in [1.807, 2.05) is 0 Å². The van der Waals surface area contributed by atoms with Crippen molar-refractivity contribution in [3.05, 3.63) is 75.7 Å². The van der Waals surface area contributed by atoms with Crippen LogP contribution >= 0.6 is 0 Å². The largest absolute Gasteiger partial charge is 0.497 e. The minimum atomic E-state index is -0.718. The second-order valence-corrected chi connectivity index (χ2v) is 5.24. The van der Waals surface area contributed by atoms with E-state index in [1.54, 1.807) is 48.5 Å². The monoisotopic (exact) mass is 338 g/mol. The molecular weight excluding hydrogens is 324 g/mol. The van der Waals surface area contributed by atoms with Crippen LogP contribution in [-0.2, 0) is 4.84 Å². The highest BCUT2D eigenvalue weighted by Crippen LogP contribution is 2.26. The van der Waals surface area contributed by atoms with Crippen molar-refractivity contribution in [3.63, 3.8) is 0 Å². The third-order valence-electron chi connectivity index (χ3n) is 3.79. The van der Waals surface area contributed by atoms with Gasteiger partial charge in [0.05, 0.1) is 30.9 Å². The third-order valence-corrected chi connectivity index (χ3v) is 3.79. The highest BCUT2D eigenvalue weighted by Gasteiger charge is 2.36. The first-order valence-corrected chi connectivity index (χ1v) is 7.44. The topological polar surface area (TPSA) is 105 Å². The van der Waals surface area contributed by atoms with E-state index < -0.39 is 17.9 Å². The van der Waals surface area contributed by atoms with Gasteiger partial charge in [-0.05, 0) is 35.4 Å². The summed E-state index contributed by atoms with van der Waals surface area (Å²) in [5, 5.41) is 4.38. The number of nitrogens with zero attached hydrogens (tertiary/aromatic N) is 4. The molecule has 8 nitrogen and oxygen atoms in total. The van der Waals surface area contributed by atoms with Crippen LogP contribution in [0.1, 0.15) is 32.3 Å². The van der Waals surface area contributed by atoms with Crippen molar-refractivity contribution in [3.8, 4) is 5.75 Å². The Hall–Kier alpha value is -3.35. The molecule has 1 atom stereocenters. The highest BCUT2D eigenvalue weighted by molar-refractivity contribution is 6.20. The summed E-state index contributed by atoms with van der Waals surface area (Å²) in [6.07, 6.45) is 0. The van der Waals surface area contributed by atoms with Crippen molar-refractivity contribution in [1.29, 1.82) is 0 Å². The molecule has 126 valence electrons. The average Bonchev–Trinajstić information content (AvgIpc) is 2.90.